The third-order valence-electron chi connectivity index (χ3n) is 2.45. The van der Waals surface area contributed by atoms with Crippen molar-refractivity contribution < 1.29 is 32.3 Å². The average Bonchev–Trinajstić information content (AvgIpc) is 2.50. The second kappa shape index (κ2) is 8.86. The minimum atomic E-state index is -4.46. The molecular weight excluding hydrogens is 317 g/mol. The van der Waals surface area contributed by atoms with Crippen LogP contribution in [0.15, 0.2) is 23.4 Å². The third-order valence-corrected chi connectivity index (χ3v) is 2.45. The van der Waals surface area contributed by atoms with E-state index in [4.69, 9.17) is 9.47 Å². The number of alkyl halides is 3. The van der Waals surface area contributed by atoms with E-state index in [0.717, 1.165) is 0 Å². The fourth-order valence-corrected chi connectivity index (χ4v) is 1.48. The maximum atomic E-state index is 11.9. The highest BCUT2D eigenvalue weighted by atomic mass is 19.4. The monoisotopic (exact) mass is 334 g/mol. The summed E-state index contributed by atoms with van der Waals surface area (Å²) in [5.41, 5.74) is 0.612. The molecule has 1 N–H and O–H groups in total. The van der Waals surface area contributed by atoms with Gasteiger partial charge in [0.15, 0.2) is 18.1 Å². The number of rotatable bonds is 8. The Balaban J connectivity index is 2.47. The molecule has 0 heterocycles. The number of hydrogen-bond acceptors (Lipinski definition) is 5. The van der Waals surface area contributed by atoms with Crippen LogP contribution in [0.2, 0.25) is 0 Å². The molecule has 0 aliphatic rings. The van der Waals surface area contributed by atoms with E-state index in [-0.39, 0.29) is 0 Å². The molecular formula is C14H17F3N2O4. The lowest BCUT2D eigenvalue weighted by molar-refractivity contribution is -0.141. The van der Waals surface area contributed by atoms with E-state index in [1.54, 1.807) is 23.5 Å². The fourth-order valence-electron chi connectivity index (χ4n) is 1.48. The van der Waals surface area contributed by atoms with Gasteiger partial charge in [0.25, 0.3) is 5.91 Å². The molecule has 0 unspecified atom stereocenters. The van der Waals surface area contributed by atoms with Crippen molar-refractivity contribution in [3.05, 3.63) is 23.8 Å². The molecule has 23 heavy (non-hydrogen) atoms. The first kappa shape index (κ1) is 18.6. The molecule has 0 aliphatic heterocycles. The lowest BCUT2D eigenvalue weighted by atomic mass is 10.2. The molecule has 0 aromatic heterocycles. The second-order valence-corrected chi connectivity index (χ2v) is 4.24. The largest absolute Gasteiger partial charge is 0.493 e. The zero-order valence-electron chi connectivity index (χ0n) is 12.6. The van der Waals surface area contributed by atoms with Crippen LogP contribution in [0.25, 0.3) is 0 Å². The van der Waals surface area contributed by atoms with Crippen molar-refractivity contribution in [3.8, 4) is 11.5 Å². The normalized spacial score (nSPS) is 11.3. The van der Waals surface area contributed by atoms with E-state index < -0.39 is 25.2 Å². The van der Waals surface area contributed by atoms with E-state index in [1.165, 1.54) is 13.3 Å². The Labute approximate surface area is 131 Å². The van der Waals surface area contributed by atoms with Crippen LogP contribution in [0.4, 0.5) is 13.2 Å². The molecule has 9 heteroatoms. The van der Waals surface area contributed by atoms with E-state index >= 15 is 0 Å². The summed E-state index contributed by atoms with van der Waals surface area (Å²) in [5, 5.41) is 5.18. The highest BCUT2D eigenvalue weighted by Gasteiger charge is 2.27. The molecule has 0 radical (unpaired) electrons. The first-order chi connectivity index (χ1) is 10.9. The molecule has 0 spiro atoms. The van der Waals surface area contributed by atoms with Crippen molar-refractivity contribution in [2.45, 2.75) is 13.1 Å². The number of methoxy groups -OCH3 is 1. The quantitative estimate of drug-likeness (QED) is 0.584. The van der Waals surface area contributed by atoms with Gasteiger partial charge in [0.2, 0.25) is 0 Å². The molecule has 1 rings (SSSR count). The first-order valence-electron chi connectivity index (χ1n) is 6.65. The van der Waals surface area contributed by atoms with Gasteiger partial charge in [0.05, 0.1) is 19.9 Å². The first-order valence-corrected chi connectivity index (χ1v) is 6.65. The van der Waals surface area contributed by atoms with Crippen LogP contribution in [0.5, 0.6) is 11.5 Å². The van der Waals surface area contributed by atoms with Gasteiger partial charge in [0.1, 0.15) is 6.54 Å². The van der Waals surface area contributed by atoms with Crippen molar-refractivity contribution >= 4 is 12.1 Å². The number of benzene rings is 1. The van der Waals surface area contributed by atoms with Gasteiger partial charge in [-0.15, -0.1) is 0 Å². The minimum absolute atomic E-state index is 0.486. The standard InChI is InChI=1S/C14H17F3N2O4/c1-3-22-11-5-4-10(6-12(11)21-2)7-19-23-8-13(20)18-9-14(15,16)17/h4-7H,3,8-9H2,1-2H3,(H,18,20)/b19-7+. The summed E-state index contributed by atoms with van der Waals surface area (Å²) in [6, 6.07) is 5.01. The minimum Gasteiger partial charge on any atom is -0.493 e. The molecule has 1 aromatic rings. The molecule has 0 bridgehead atoms. The van der Waals surface area contributed by atoms with Gasteiger partial charge < -0.3 is 19.6 Å². The summed E-state index contributed by atoms with van der Waals surface area (Å²) >= 11 is 0. The molecule has 128 valence electrons. The Morgan fingerprint density at radius 3 is 2.70 bits per heavy atom. The van der Waals surface area contributed by atoms with Gasteiger partial charge >= 0.3 is 6.18 Å². The van der Waals surface area contributed by atoms with E-state index in [1.807, 2.05) is 6.92 Å². The molecule has 6 nitrogen and oxygen atoms in total. The number of amides is 1. The lowest BCUT2D eigenvalue weighted by Gasteiger charge is -2.09. The van der Waals surface area contributed by atoms with Crippen LogP contribution >= 0.6 is 0 Å². The molecule has 1 aromatic carbocycles. The average molecular weight is 334 g/mol. The van der Waals surface area contributed by atoms with Crippen LogP contribution < -0.4 is 14.8 Å². The second-order valence-electron chi connectivity index (χ2n) is 4.24. The predicted octanol–water partition coefficient (Wildman–Crippen LogP) is 2.12. The summed E-state index contributed by atoms with van der Waals surface area (Å²) < 4.78 is 46.1. The molecule has 0 aliphatic carbocycles. The van der Waals surface area contributed by atoms with Gasteiger partial charge in [-0.05, 0) is 25.1 Å². The number of nitrogens with one attached hydrogen (secondary N) is 1. The number of hydrogen-bond donors (Lipinski definition) is 1. The molecule has 0 saturated carbocycles. The Morgan fingerprint density at radius 2 is 2.09 bits per heavy atom. The Morgan fingerprint density at radius 1 is 1.35 bits per heavy atom. The SMILES string of the molecule is CCOc1ccc(/C=N/OCC(=O)NCC(F)(F)F)cc1OC. The number of halogens is 3. The summed E-state index contributed by atoms with van der Waals surface area (Å²) in [7, 11) is 1.49. The third kappa shape index (κ3) is 7.39. The highest BCUT2D eigenvalue weighted by molar-refractivity contribution is 5.81. The summed E-state index contributed by atoms with van der Waals surface area (Å²) in [4.78, 5) is 15.7. The smallest absolute Gasteiger partial charge is 0.405 e. The van der Waals surface area contributed by atoms with Gasteiger partial charge in [-0.3, -0.25) is 4.79 Å². The van der Waals surface area contributed by atoms with Gasteiger partial charge in [0, 0.05) is 5.56 Å². The van der Waals surface area contributed by atoms with Crippen LogP contribution in [0.3, 0.4) is 0 Å². The lowest BCUT2D eigenvalue weighted by Crippen LogP contribution is -2.35. The topological polar surface area (TPSA) is 69.2 Å². The van der Waals surface area contributed by atoms with Crippen molar-refractivity contribution in [2.24, 2.45) is 5.16 Å². The van der Waals surface area contributed by atoms with Crippen molar-refractivity contribution in [3.63, 3.8) is 0 Å². The van der Waals surface area contributed by atoms with Crippen LogP contribution in [-0.2, 0) is 9.63 Å². The van der Waals surface area contributed by atoms with Crippen molar-refractivity contribution in [1.82, 2.24) is 5.32 Å². The number of carbonyl (C=O) groups excluding carboxylic acids is 1. The summed E-state index contributed by atoms with van der Waals surface area (Å²) in [6.07, 6.45) is -3.16. The molecule has 1 amide bonds. The van der Waals surface area contributed by atoms with Gasteiger partial charge in [-0.1, -0.05) is 5.16 Å². The maximum absolute atomic E-state index is 11.9. The van der Waals surface area contributed by atoms with Crippen molar-refractivity contribution in [2.75, 3.05) is 26.9 Å². The van der Waals surface area contributed by atoms with Gasteiger partial charge in [-0.2, -0.15) is 13.2 Å². The van der Waals surface area contributed by atoms with E-state index in [2.05, 4.69) is 9.99 Å². The zero-order valence-corrected chi connectivity index (χ0v) is 12.6. The molecule has 0 fully saturated rings. The number of ether oxygens (including phenoxy) is 2. The van der Waals surface area contributed by atoms with Gasteiger partial charge in [-0.25, -0.2) is 0 Å². The molecule has 0 saturated heterocycles. The molecule has 0 atom stereocenters. The Hall–Kier alpha value is -2.45. The zero-order chi connectivity index (χ0) is 17.3. The van der Waals surface area contributed by atoms with E-state index in [0.29, 0.717) is 23.7 Å². The summed E-state index contributed by atoms with van der Waals surface area (Å²) in [6.45, 7) is 0.308. The highest BCUT2D eigenvalue weighted by Crippen LogP contribution is 2.27. The van der Waals surface area contributed by atoms with Crippen LogP contribution in [-0.4, -0.2) is 45.2 Å². The number of nitrogens with zero attached hydrogens (tertiary/aromatic N) is 1. The number of carbonyl (C=O) groups is 1. The maximum Gasteiger partial charge on any atom is 0.405 e. The van der Waals surface area contributed by atoms with Crippen LogP contribution in [0, 0.1) is 0 Å². The predicted molar refractivity (Wildman–Crippen MR) is 76.8 cm³/mol. The number of oxime groups is 1. The summed E-state index contributed by atoms with van der Waals surface area (Å²) in [5.74, 6) is 0.155. The fraction of sp³-hybridized carbons (Fsp3) is 0.429. The Kier molecular flexibility index (Phi) is 7.17. The van der Waals surface area contributed by atoms with Crippen LogP contribution in [0.1, 0.15) is 12.5 Å². The van der Waals surface area contributed by atoms with E-state index in [9.17, 15) is 18.0 Å². The van der Waals surface area contributed by atoms with Crippen molar-refractivity contribution in [1.29, 1.82) is 0 Å². The Bertz CT molecular complexity index is 547.